The number of hydrogen-bond acceptors (Lipinski definition) is 6. The summed E-state index contributed by atoms with van der Waals surface area (Å²) in [7, 11) is 1.59. The number of aromatic nitrogens is 1. The van der Waals surface area contributed by atoms with Gasteiger partial charge in [0, 0.05) is 50.5 Å². The maximum absolute atomic E-state index is 14.5. The van der Waals surface area contributed by atoms with E-state index in [2.05, 4.69) is 10.3 Å². The molecule has 0 unspecified atom stereocenters. The zero-order valence-corrected chi connectivity index (χ0v) is 24.2. The van der Waals surface area contributed by atoms with Gasteiger partial charge in [-0.05, 0) is 55.5 Å². The quantitative estimate of drug-likeness (QED) is 0.463. The highest BCUT2D eigenvalue weighted by molar-refractivity contribution is 6.42. The number of halogens is 3. The van der Waals surface area contributed by atoms with Gasteiger partial charge in [0.2, 0.25) is 5.91 Å². The molecule has 0 radical (unpaired) electrons. The Morgan fingerprint density at radius 2 is 1.79 bits per heavy atom. The first kappa shape index (κ1) is 28.1. The molecule has 1 aliphatic carbocycles. The number of Topliss-reactive ketones (excluding diaryl/α,β-unsaturated/α-hetero) is 1. The summed E-state index contributed by atoms with van der Waals surface area (Å²) in [5.41, 5.74) is -0.690. The molecule has 3 aliphatic rings. The van der Waals surface area contributed by atoms with Gasteiger partial charge < -0.3 is 15.0 Å². The number of piperidine rings is 1. The first-order valence-electron chi connectivity index (χ1n) is 13.1. The van der Waals surface area contributed by atoms with Crippen molar-refractivity contribution in [2.75, 3.05) is 33.2 Å². The number of likely N-dealkylation sites (N-methyl/N-ethyl adjacent to an activating group) is 1. The molecule has 0 bridgehead atoms. The van der Waals surface area contributed by atoms with Crippen molar-refractivity contribution < 1.29 is 19.1 Å². The van der Waals surface area contributed by atoms with Crippen LogP contribution in [0, 0.1) is 11.3 Å². The van der Waals surface area contributed by atoms with E-state index in [1.54, 1.807) is 25.2 Å². The molecule has 2 saturated heterocycles. The van der Waals surface area contributed by atoms with Crippen molar-refractivity contribution in [2.24, 2.45) is 11.3 Å². The Bertz CT molecular complexity index is 1280. The summed E-state index contributed by atoms with van der Waals surface area (Å²) in [6.07, 6.45) is 3.59. The van der Waals surface area contributed by atoms with E-state index < -0.39 is 17.6 Å². The van der Waals surface area contributed by atoms with E-state index in [1.165, 1.54) is 17.2 Å². The minimum Gasteiger partial charge on any atom is -0.409 e. The summed E-state index contributed by atoms with van der Waals surface area (Å²) in [4.78, 5) is 48.2. The number of rotatable bonds is 6. The molecule has 3 heterocycles. The summed E-state index contributed by atoms with van der Waals surface area (Å²) >= 11 is 18.4. The lowest BCUT2D eigenvalue weighted by Gasteiger charge is -2.44. The van der Waals surface area contributed by atoms with Crippen LogP contribution in [-0.4, -0.2) is 71.3 Å². The molecule has 11 heteroatoms. The van der Waals surface area contributed by atoms with Crippen molar-refractivity contribution in [1.29, 1.82) is 0 Å². The predicted molar refractivity (Wildman–Crippen MR) is 149 cm³/mol. The molecule has 1 N–H and O–H groups in total. The molecule has 1 aromatic heterocycles. The molecular formula is C28H31Cl3N4O4. The van der Waals surface area contributed by atoms with Crippen LogP contribution in [-0.2, 0) is 9.59 Å². The van der Waals surface area contributed by atoms with Crippen molar-refractivity contribution >= 4 is 52.6 Å². The molecule has 208 valence electrons. The Labute approximate surface area is 242 Å². The third-order valence-electron chi connectivity index (χ3n) is 8.54. The van der Waals surface area contributed by atoms with E-state index in [0.717, 1.165) is 18.4 Å². The van der Waals surface area contributed by atoms with Gasteiger partial charge in [-0.3, -0.25) is 14.5 Å². The highest BCUT2D eigenvalue weighted by Gasteiger charge is 2.57. The fourth-order valence-electron chi connectivity index (χ4n) is 5.83. The number of ketones is 1. The Hall–Kier alpha value is -2.39. The molecule has 1 saturated carbocycles. The lowest BCUT2D eigenvalue weighted by molar-refractivity contribution is -0.142. The molecule has 3 fully saturated rings. The van der Waals surface area contributed by atoms with Gasteiger partial charge >= 0.3 is 6.09 Å². The first-order valence-corrected chi connectivity index (χ1v) is 14.2. The van der Waals surface area contributed by atoms with Gasteiger partial charge in [0.25, 0.3) is 0 Å². The standard InChI is InChI=1S/C28H31Cl3N4O4/c1-27(9-10-27)25(37)35-11-7-17(8-12-35)24(36)28(34(2)26(38)39-19-4-6-23(31)33-14-19)16-32-15-20(28)18-3-5-21(29)22(30)13-18/h3-6,13-14,17,20,32H,7-12,15-16H2,1-2H3/t20-,28+/m1/s1. The van der Waals surface area contributed by atoms with Crippen LogP contribution in [0.2, 0.25) is 15.2 Å². The Morgan fingerprint density at radius 3 is 2.41 bits per heavy atom. The fraction of sp³-hybridized carbons (Fsp3) is 0.500. The zero-order chi connectivity index (χ0) is 27.9. The highest BCUT2D eigenvalue weighted by atomic mass is 35.5. The Morgan fingerprint density at radius 1 is 1.08 bits per heavy atom. The van der Waals surface area contributed by atoms with Gasteiger partial charge in [-0.25, -0.2) is 9.78 Å². The minimum absolute atomic E-state index is 0.0537. The van der Waals surface area contributed by atoms with Crippen LogP contribution in [0.3, 0.4) is 0 Å². The second kappa shape index (κ2) is 10.9. The predicted octanol–water partition coefficient (Wildman–Crippen LogP) is 5.21. The van der Waals surface area contributed by atoms with Crippen LogP contribution >= 0.6 is 34.8 Å². The third-order valence-corrected chi connectivity index (χ3v) is 9.50. The van der Waals surface area contributed by atoms with Crippen molar-refractivity contribution in [3.05, 3.63) is 57.3 Å². The lowest BCUT2D eigenvalue weighted by atomic mass is 9.72. The second-order valence-corrected chi connectivity index (χ2v) is 12.2. The Kier molecular flexibility index (Phi) is 7.85. The highest BCUT2D eigenvalue weighted by Crippen LogP contribution is 2.47. The van der Waals surface area contributed by atoms with Gasteiger partial charge in [0.05, 0.1) is 16.2 Å². The van der Waals surface area contributed by atoms with Crippen molar-refractivity contribution in [2.45, 2.75) is 44.1 Å². The molecule has 0 spiro atoms. The van der Waals surface area contributed by atoms with Gasteiger partial charge in [0.15, 0.2) is 11.5 Å². The smallest absolute Gasteiger partial charge is 0.409 e. The number of pyridine rings is 1. The minimum atomic E-state index is -1.24. The zero-order valence-electron chi connectivity index (χ0n) is 21.9. The number of nitrogens with zero attached hydrogens (tertiary/aromatic N) is 3. The summed E-state index contributed by atoms with van der Waals surface area (Å²) in [6, 6.07) is 8.37. The molecular weight excluding hydrogens is 563 g/mol. The van der Waals surface area contributed by atoms with Crippen LogP contribution in [0.5, 0.6) is 5.75 Å². The van der Waals surface area contributed by atoms with Gasteiger partial charge in [-0.1, -0.05) is 47.8 Å². The second-order valence-electron chi connectivity index (χ2n) is 11.0. The number of hydrogen-bond donors (Lipinski definition) is 1. The van der Waals surface area contributed by atoms with E-state index in [-0.39, 0.29) is 40.5 Å². The number of carbonyl (C=O) groups excluding carboxylic acids is 3. The van der Waals surface area contributed by atoms with Crippen LogP contribution in [0.25, 0.3) is 0 Å². The summed E-state index contributed by atoms with van der Waals surface area (Å²) in [5.74, 6) is -0.376. The van der Waals surface area contributed by atoms with Crippen LogP contribution in [0.1, 0.15) is 44.1 Å². The van der Waals surface area contributed by atoms with Crippen LogP contribution in [0.4, 0.5) is 4.79 Å². The molecule has 2 amide bonds. The first-order chi connectivity index (χ1) is 18.5. The van der Waals surface area contributed by atoms with Crippen molar-refractivity contribution in [3.63, 3.8) is 0 Å². The van der Waals surface area contributed by atoms with E-state index in [1.807, 2.05) is 17.9 Å². The van der Waals surface area contributed by atoms with Crippen molar-refractivity contribution in [3.8, 4) is 5.75 Å². The molecule has 1 aromatic carbocycles. The van der Waals surface area contributed by atoms with Gasteiger partial charge in [-0.15, -0.1) is 0 Å². The number of benzene rings is 1. The molecule has 2 aromatic rings. The monoisotopic (exact) mass is 592 g/mol. The Balaban J connectivity index is 1.43. The third kappa shape index (κ3) is 5.36. The number of nitrogens with one attached hydrogen (secondary N) is 1. The topological polar surface area (TPSA) is 91.8 Å². The summed E-state index contributed by atoms with van der Waals surface area (Å²) < 4.78 is 5.61. The number of carbonyl (C=O) groups is 3. The van der Waals surface area contributed by atoms with Gasteiger partial charge in [0.1, 0.15) is 10.7 Å². The maximum Gasteiger partial charge on any atom is 0.415 e. The fourth-order valence-corrected chi connectivity index (χ4v) is 6.25. The van der Waals surface area contributed by atoms with E-state index in [0.29, 0.717) is 42.5 Å². The maximum atomic E-state index is 14.5. The van der Waals surface area contributed by atoms with E-state index in [4.69, 9.17) is 39.5 Å². The molecule has 2 atom stereocenters. The molecule has 5 rings (SSSR count). The SMILES string of the molecule is CN(C(=O)Oc1ccc(Cl)nc1)[C@@]1(C(=O)C2CCN(C(=O)C3(C)CC3)CC2)CNC[C@@H]1c1ccc(Cl)c(Cl)c1. The molecule has 8 nitrogen and oxygen atoms in total. The van der Waals surface area contributed by atoms with E-state index in [9.17, 15) is 14.4 Å². The lowest BCUT2D eigenvalue weighted by Crippen LogP contribution is -2.62. The largest absolute Gasteiger partial charge is 0.415 e. The summed E-state index contributed by atoms with van der Waals surface area (Å²) in [5, 5.41) is 4.40. The van der Waals surface area contributed by atoms with E-state index >= 15 is 0 Å². The molecule has 2 aliphatic heterocycles. The number of ether oxygens (including phenoxy) is 1. The summed E-state index contributed by atoms with van der Waals surface area (Å²) in [6.45, 7) is 3.76. The van der Waals surface area contributed by atoms with Crippen molar-refractivity contribution in [1.82, 2.24) is 20.1 Å². The number of likely N-dealkylation sites (tertiary alicyclic amines) is 1. The van der Waals surface area contributed by atoms with Crippen LogP contribution in [0.15, 0.2) is 36.5 Å². The van der Waals surface area contributed by atoms with Gasteiger partial charge in [-0.2, -0.15) is 0 Å². The van der Waals surface area contributed by atoms with Crippen LogP contribution < -0.4 is 10.1 Å². The molecule has 39 heavy (non-hydrogen) atoms. The number of amides is 2. The normalized spacial score (nSPS) is 24.3. The average molecular weight is 594 g/mol. The average Bonchev–Trinajstić information content (AvgIpc) is 3.53.